The summed E-state index contributed by atoms with van der Waals surface area (Å²) in [7, 11) is 0. The van der Waals surface area contributed by atoms with Crippen molar-refractivity contribution in [2.45, 2.75) is 83.3 Å². The molecule has 30 heavy (non-hydrogen) atoms. The molecule has 1 saturated carbocycles. The number of ether oxygens (including phenoxy) is 2. The maximum Gasteiger partial charge on any atom is 0.183 e. The van der Waals surface area contributed by atoms with E-state index in [1.54, 1.807) is 0 Å². The van der Waals surface area contributed by atoms with Gasteiger partial charge in [-0.15, -0.1) is 0 Å². The Morgan fingerprint density at radius 3 is 1.83 bits per heavy atom. The molecule has 0 radical (unpaired) electrons. The number of rotatable bonds is 7. The summed E-state index contributed by atoms with van der Waals surface area (Å²) in [5, 5.41) is 0. The van der Waals surface area contributed by atoms with Crippen LogP contribution in [0.25, 0.3) is 0 Å². The first-order valence-corrected chi connectivity index (χ1v) is 12.2. The van der Waals surface area contributed by atoms with Crippen LogP contribution in [0.15, 0.2) is 48.5 Å². The third kappa shape index (κ3) is 5.34. The zero-order valence-electron chi connectivity index (χ0n) is 18.8. The average Bonchev–Trinajstić information content (AvgIpc) is 2.81. The van der Waals surface area contributed by atoms with E-state index in [9.17, 15) is 0 Å². The molecule has 2 heteroatoms. The maximum atomic E-state index is 6.11. The van der Waals surface area contributed by atoms with Gasteiger partial charge in [0, 0.05) is 11.5 Å². The van der Waals surface area contributed by atoms with Crippen molar-refractivity contribution in [3.05, 3.63) is 70.8 Å². The summed E-state index contributed by atoms with van der Waals surface area (Å²) in [6.45, 7) is 5.98. The quantitative estimate of drug-likeness (QED) is 0.473. The first-order valence-electron chi connectivity index (χ1n) is 12.2. The molecule has 0 bridgehead atoms. The Kier molecular flexibility index (Phi) is 7.62. The smallest absolute Gasteiger partial charge is 0.183 e. The second-order valence-electron chi connectivity index (χ2n) is 9.36. The van der Waals surface area contributed by atoms with Crippen molar-refractivity contribution in [1.82, 2.24) is 0 Å². The van der Waals surface area contributed by atoms with Gasteiger partial charge in [-0.05, 0) is 60.6 Å². The zero-order valence-corrected chi connectivity index (χ0v) is 18.8. The largest absolute Gasteiger partial charge is 0.348 e. The molecule has 2 aromatic carbocycles. The minimum atomic E-state index is -0.227. The molecule has 2 aliphatic rings. The molecule has 4 rings (SSSR count). The lowest BCUT2D eigenvalue weighted by Gasteiger charge is -2.31. The van der Waals surface area contributed by atoms with Crippen molar-refractivity contribution in [3.63, 3.8) is 0 Å². The fourth-order valence-electron chi connectivity index (χ4n) is 5.25. The van der Waals surface area contributed by atoms with E-state index in [1.165, 1.54) is 61.6 Å². The van der Waals surface area contributed by atoms with Crippen LogP contribution in [0.5, 0.6) is 0 Å². The summed E-state index contributed by atoms with van der Waals surface area (Å²) in [5.74, 6) is 2.03. The normalized spacial score (nSPS) is 27.1. The Hall–Kier alpha value is -1.64. The van der Waals surface area contributed by atoms with Gasteiger partial charge < -0.3 is 9.47 Å². The van der Waals surface area contributed by atoms with Crippen LogP contribution in [0.1, 0.15) is 99.2 Å². The lowest BCUT2D eigenvalue weighted by molar-refractivity contribution is -0.191. The van der Waals surface area contributed by atoms with Crippen LogP contribution in [-0.4, -0.2) is 13.2 Å². The molecule has 1 saturated heterocycles. The zero-order chi connectivity index (χ0) is 20.8. The third-order valence-electron chi connectivity index (χ3n) is 7.11. The topological polar surface area (TPSA) is 18.5 Å². The van der Waals surface area contributed by atoms with Gasteiger partial charge in [0.2, 0.25) is 0 Å². The standard InChI is InChI=1S/C28H38O2/c1-3-5-21-7-11-23(12-8-21)24-15-17-26(18-16-24)28-29-19-27(20-30-28)25-13-9-22(6-4-2)10-14-25/h9-10,13-18,21,23,27-28H,3-8,11-12,19-20H2,1-2H3/t21?,23?,27-,28-. The minimum Gasteiger partial charge on any atom is -0.348 e. The van der Waals surface area contributed by atoms with Gasteiger partial charge in [0.05, 0.1) is 13.2 Å². The molecule has 0 amide bonds. The Balaban J connectivity index is 1.29. The summed E-state index contributed by atoms with van der Waals surface area (Å²) in [6, 6.07) is 18.0. The monoisotopic (exact) mass is 406 g/mol. The van der Waals surface area contributed by atoms with Crippen LogP contribution in [0.4, 0.5) is 0 Å². The van der Waals surface area contributed by atoms with E-state index in [0.717, 1.165) is 37.0 Å². The molecule has 0 unspecified atom stereocenters. The van der Waals surface area contributed by atoms with Crippen LogP contribution in [0.2, 0.25) is 0 Å². The predicted octanol–water partition coefficient (Wildman–Crippen LogP) is 7.54. The van der Waals surface area contributed by atoms with E-state index >= 15 is 0 Å². The van der Waals surface area contributed by atoms with Gasteiger partial charge in [-0.1, -0.05) is 81.6 Å². The number of benzene rings is 2. The highest BCUT2D eigenvalue weighted by Crippen LogP contribution is 2.38. The van der Waals surface area contributed by atoms with Crippen LogP contribution in [-0.2, 0) is 15.9 Å². The Bertz CT molecular complexity index is 748. The van der Waals surface area contributed by atoms with E-state index in [-0.39, 0.29) is 6.29 Å². The van der Waals surface area contributed by atoms with Crippen molar-refractivity contribution in [1.29, 1.82) is 0 Å². The first kappa shape index (κ1) is 21.6. The van der Waals surface area contributed by atoms with Crippen LogP contribution < -0.4 is 0 Å². The second kappa shape index (κ2) is 10.6. The molecular formula is C28H38O2. The van der Waals surface area contributed by atoms with Crippen molar-refractivity contribution >= 4 is 0 Å². The fraction of sp³-hybridized carbons (Fsp3) is 0.571. The number of hydrogen-bond acceptors (Lipinski definition) is 2. The van der Waals surface area contributed by atoms with Crippen LogP contribution >= 0.6 is 0 Å². The van der Waals surface area contributed by atoms with Crippen molar-refractivity contribution in [3.8, 4) is 0 Å². The van der Waals surface area contributed by atoms with Gasteiger partial charge in [0.15, 0.2) is 6.29 Å². The molecule has 1 heterocycles. The summed E-state index contributed by atoms with van der Waals surface area (Å²) in [4.78, 5) is 0. The van der Waals surface area contributed by atoms with Crippen molar-refractivity contribution in [2.24, 2.45) is 5.92 Å². The molecule has 2 aromatic rings. The minimum absolute atomic E-state index is 0.227. The second-order valence-corrected chi connectivity index (χ2v) is 9.36. The SMILES string of the molecule is CCCc1ccc([C@H]2CO[C@H](c3ccc(C4CCC(CCC)CC4)cc3)OC2)cc1. The molecule has 0 aromatic heterocycles. The Morgan fingerprint density at radius 2 is 1.23 bits per heavy atom. The van der Waals surface area contributed by atoms with Gasteiger partial charge in [0.1, 0.15) is 0 Å². The van der Waals surface area contributed by atoms with E-state index in [2.05, 4.69) is 62.4 Å². The van der Waals surface area contributed by atoms with Gasteiger partial charge >= 0.3 is 0 Å². The lowest BCUT2D eigenvalue weighted by Crippen LogP contribution is -2.25. The van der Waals surface area contributed by atoms with Gasteiger partial charge in [-0.2, -0.15) is 0 Å². The summed E-state index contributed by atoms with van der Waals surface area (Å²) >= 11 is 0. The highest BCUT2D eigenvalue weighted by molar-refractivity contribution is 5.28. The molecule has 1 aliphatic heterocycles. The Morgan fingerprint density at radius 1 is 0.667 bits per heavy atom. The highest BCUT2D eigenvalue weighted by atomic mass is 16.7. The van der Waals surface area contributed by atoms with E-state index < -0.39 is 0 Å². The lowest BCUT2D eigenvalue weighted by atomic mass is 9.77. The van der Waals surface area contributed by atoms with E-state index in [1.807, 2.05) is 0 Å². The summed E-state index contributed by atoms with van der Waals surface area (Å²) in [5.41, 5.74) is 5.38. The molecular weight excluding hydrogens is 368 g/mol. The van der Waals surface area contributed by atoms with Gasteiger partial charge in [-0.25, -0.2) is 0 Å². The predicted molar refractivity (Wildman–Crippen MR) is 124 cm³/mol. The molecule has 1 aliphatic carbocycles. The summed E-state index contributed by atoms with van der Waals surface area (Å²) in [6.07, 6.45) is 10.3. The molecule has 2 nitrogen and oxygen atoms in total. The fourth-order valence-corrected chi connectivity index (χ4v) is 5.25. The number of aryl methyl sites for hydroxylation is 1. The highest BCUT2D eigenvalue weighted by Gasteiger charge is 2.26. The summed E-state index contributed by atoms with van der Waals surface area (Å²) < 4.78 is 12.2. The Labute approximate surface area is 183 Å². The average molecular weight is 407 g/mol. The van der Waals surface area contributed by atoms with Gasteiger partial charge in [-0.3, -0.25) is 0 Å². The molecule has 2 fully saturated rings. The molecule has 0 N–H and O–H groups in total. The maximum absolute atomic E-state index is 6.11. The number of hydrogen-bond donors (Lipinski definition) is 0. The molecule has 0 atom stereocenters. The third-order valence-corrected chi connectivity index (χ3v) is 7.11. The molecule has 162 valence electrons. The van der Waals surface area contributed by atoms with Crippen molar-refractivity contribution < 1.29 is 9.47 Å². The first-order chi connectivity index (χ1) is 14.8. The van der Waals surface area contributed by atoms with Crippen LogP contribution in [0.3, 0.4) is 0 Å². The van der Waals surface area contributed by atoms with E-state index in [4.69, 9.17) is 9.47 Å². The van der Waals surface area contributed by atoms with Gasteiger partial charge in [0.25, 0.3) is 0 Å². The molecule has 0 spiro atoms. The van der Waals surface area contributed by atoms with Crippen molar-refractivity contribution in [2.75, 3.05) is 13.2 Å². The van der Waals surface area contributed by atoms with Crippen LogP contribution in [0, 0.1) is 5.92 Å². The van der Waals surface area contributed by atoms with E-state index in [0.29, 0.717) is 5.92 Å².